The molecule has 0 saturated heterocycles. The maximum Gasteiger partial charge on any atom is 0.323 e. The van der Waals surface area contributed by atoms with Gasteiger partial charge in [0.2, 0.25) is 0 Å². The second-order valence-electron chi connectivity index (χ2n) is 5.12. The summed E-state index contributed by atoms with van der Waals surface area (Å²) in [5, 5.41) is 9.01. The van der Waals surface area contributed by atoms with Crippen LogP contribution in [0.4, 0.5) is 25.0 Å². The van der Waals surface area contributed by atoms with Crippen LogP contribution in [0.25, 0.3) is 0 Å². The van der Waals surface area contributed by atoms with Gasteiger partial charge in [0.15, 0.2) is 0 Å². The standard InChI is InChI=1S/C17H14F2N4O/c18-13-6-7-16(15(19)8-13)22-17(24)21-14-9-20-23(11-14)10-12-4-2-1-3-5-12/h1-9,11H,10H2,(H2,21,22,24). The van der Waals surface area contributed by atoms with Crippen LogP contribution in [0.2, 0.25) is 0 Å². The van der Waals surface area contributed by atoms with Crippen molar-refractivity contribution in [2.24, 2.45) is 0 Å². The average Bonchev–Trinajstić information content (AvgIpc) is 2.98. The zero-order valence-electron chi connectivity index (χ0n) is 12.5. The molecule has 0 saturated carbocycles. The summed E-state index contributed by atoms with van der Waals surface area (Å²) < 4.78 is 28.0. The number of benzene rings is 2. The van der Waals surface area contributed by atoms with Gasteiger partial charge in [-0.3, -0.25) is 4.68 Å². The number of halogens is 2. The minimum atomic E-state index is -0.843. The van der Waals surface area contributed by atoms with Crippen LogP contribution in [0.15, 0.2) is 60.9 Å². The minimum Gasteiger partial charge on any atom is -0.305 e. The lowest BCUT2D eigenvalue weighted by atomic mass is 10.2. The Kier molecular flexibility index (Phi) is 4.51. The van der Waals surface area contributed by atoms with Crippen LogP contribution in [0.3, 0.4) is 0 Å². The molecule has 1 aromatic heterocycles. The Morgan fingerprint density at radius 3 is 2.62 bits per heavy atom. The Balaban J connectivity index is 1.61. The summed E-state index contributed by atoms with van der Waals surface area (Å²) in [7, 11) is 0. The van der Waals surface area contributed by atoms with Crippen LogP contribution in [-0.2, 0) is 6.54 Å². The Morgan fingerprint density at radius 2 is 1.88 bits per heavy atom. The molecule has 5 nitrogen and oxygen atoms in total. The van der Waals surface area contributed by atoms with Crippen LogP contribution >= 0.6 is 0 Å². The van der Waals surface area contributed by atoms with Gasteiger partial charge in [-0.25, -0.2) is 13.6 Å². The molecule has 0 atom stereocenters. The molecule has 122 valence electrons. The molecule has 3 aromatic rings. The summed E-state index contributed by atoms with van der Waals surface area (Å²) in [5.74, 6) is -1.55. The van der Waals surface area contributed by atoms with E-state index in [0.29, 0.717) is 18.3 Å². The van der Waals surface area contributed by atoms with Crippen molar-refractivity contribution in [3.8, 4) is 0 Å². The monoisotopic (exact) mass is 328 g/mol. The van der Waals surface area contributed by atoms with Gasteiger partial charge in [0.25, 0.3) is 0 Å². The van der Waals surface area contributed by atoms with Crippen molar-refractivity contribution in [2.45, 2.75) is 6.54 Å². The smallest absolute Gasteiger partial charge is 0.305 e. The highest BCUT2D eigenvalue weighted by Gasteiger charge is 2.09. The third kappa shape index (κ3) is 3.95. The Morgan fingerprint density at radius 1 is 1.08 bits per heavy atom. The highest BCUT2D eigenvalue weighted by molar-refractivity contribution is 5.99. The van der Waals surface area contributed by atoms with E-state index >= 15 is 0 Å². The maximum absolute atomic E-state index is 13.5. The van der Waals surface area contributed by atoms with Crippen LogP contribution < -0.4 is 10.6 Å². The quantitative estimate of drug-likeness (QED) is 0.764. The first-order valence-corrected chi connectivity index (χ1v) is 7.19. The predicted octanol–water partition coefficient (Wildman–Crippen LogP) is 3.85. The molecular weight excluding hydrogens is 314 g/mol. The SMILES string of the molecule is O=C(Nc1cnn(Cc2ccccc2)c1)Nc1ccc(F)cc1F. The number of hydrogen-bond acceptors (Lipinski definition) is 2. The van der Waals surface area contributed by atoms with Gasteiger partial charge in [0.05, 0.1) is 24.1 Å². The molecule has 2 N–H and O–H groups in total. The van der Waals surface area contributed by atoms with Crippen molar-refractivity contribution >= 4 is 17.4 Å². The first-order chi connectivity index (χ1) is 11.6. The van der Waals surface area contributed by atoms with E-state index in [-0.39, 0.29) is 5.69 Å². The third-order valence-electron chi connectivity index (χ3n) is 3.26. The summed E-state index contributed by atoms with van der Waals surface area (Å²) in [6.45, 7) is 0.566. The van der Waals surface area contributed by atoms with Crippen molar-refractivity contribution in [2.75, 3.05) is 10.6 Å². The molecule has 1 heterocycles. The fourth-order valence-corrected chi connectivity index (χ4v) is 2.16. The van der Waals surface area contributed by atoms with E-state index in [2.05, 4.69) is 15.7 Å². The Labute approximate surface area is 136 Å². The fourth-order valence-electron chi connectivity index (χ4n) is 2.16. The van der Waals surface area contributed by atoms with E-state index in [9.17, 15) is 13.6 Å². The zero-order valence-corrected chi connectivity index (χ0v) is 12.5. The van der Waals surface area contributed by atoms with Gasteiger partial charge in [-0.2, -0.15) is 5.10 Å². The van der Waals surface area contributed by atoms with Crippen LogP contribution in [0.5, 0.6) is 0 Å². The minimum absolute atomic E-state index is 0.106. The molecule has 2 amide bonds. The highest BCUT2D eigenvalue weighted by Crippen LogP contribution is 2.15. The maximum atomic E-state index is 13.5. The number of urea groups is 1. The molecule has 3 rings (SSSR count). The van der Waals surface area contributed by atoms with Crippen molar-refractivity contribution in [3.63, 3.8) is 0 Å². The van der Waals surface area contributed by atoms with Crippen molar-refractivity contribution in [1.82, 2.24) is 9.78 Å². The van der Waals surface area contributed by atoms with Crippen molar-refractivity contribution in [1.29, 1.82) is 0 Å². The lowest BCUT2D eigenvalue weighted by Crippen LogP contribution is -2.19. The van der Waals surface area contributed by atoms with Crippen LogP contribution in [0, 0.1) is 11.6 Å². The number of amides is 2. The van der Waals surface area contributed by atoms with Gasteiger partial charge in [-0.05, 0) is 17.7 Å². The Hall–Kier alpha value is -3.22. The molecule has 0 unspecified atom stereocenters. The number of carbonyl (C=O) groups is 1. The second-order valence-corrected chi connectivity index (χ2v) is 5.12. The number of rotatable bonds is 4. The van der Waals surface area contributed by atoms with E-state index in [0.717, 1.165) is 17.7 Å². The molecule has 0 radical (unpaired) electrons. The predicted molar refractivity (Wildman–Crippen MR) is 86.8 cm³/mol. The highest BCUT2D eigenvalue weighted by atomic mass is 19.1. The number of nitrogens with zero attached hydrogens (tertiary/aromatic N) is 2. The molecule has 0 aliphatic rings. The number of nitrogens with one attached hydrogen (secondary N) is 2. The normalized spacial score (nSPS) is 10.4. The first-order valence-electron chi connectivity index (χ1n) is 7.19. The van der Waals surface area contributed by atoms with Gasteiger partial charge in [-0.15, -0.1) is 0 Å². The molecule has 0 aliphatic heterocycles. The summed E-state index contributed by atoms with van der Waals surface area (Å²) >= 11 is 0. The van der Waals surface area contributed by atoms with Crippen LogP contribution in [-0.4, -0.2) is 15.8 Å². The molecule has 0 spiro atoms. The molecule has 0 aliphatic carbocycles. The molecule has 0 bridgehead atoms. The number of carbonyl (C=O) groups excluding carboxylic acids is 1. The topological polar surface area (TPSA) is 59.0 Å². The fraction of sp³-hybridized carbons (Fsp3) is 0.0588. The summed E-state index contributed by atoms with van der Waals surface area (Å²) in [6.07, 6.45) is 3.15. The van der Waals surface area contributed by atoms with Gasteiger partial charge in [0.1, 0.15) is 11.6 Å². The van der Waals surface area contributed by atoms with E-state index in [1.165, 1.54) is 6.20 Å². The van der Waals surface area contributed by atoms with Gasteiger partial charge in [0, 0.05) is 12.3 Å². The molecule has 2 aromatic carbocycles. The van der Waals surface area contributed by atoms with E-state index in [4.69, 9.17) is 0 Å². The third-order valence-corrected chi connectivity index (χ3v) is 3.26. The van der Waals surface area contributed by atoms with E-state index in [1.807, 2.05) is 30.3 Å². The van der Waals surface area contributed by atoms with E-state index < -0.39 is 17.7 Å². The number of anilines is 2. The lowest BCUT2D eigenvalue weighted by molar-refractivity contribution is 0.262. The molecule has 0 fully saturated rings. The first kappa shape index (κ1) is 15.7. The second kappa shape index (κ2) is 6.91. The van der Waals surface area contributed by atoms with E-state index in [1.54, 1.807) is 10.9 Å². The molecular formula is C17H14F2N4O. The van der Waals surface area contributed by atoms with Gasteiger partial charge >= 0.3 is 6.03 Å². The van der Waals surface area contributed by atoms with Crippen molar-refractivity contribution < 1.29 is 13.6 Å². The zero-order chi connectivity index (χ0) is 16.9. The molecule has 24 heavy (non-hydrogen) atoms. The Bertz CT molecular complexity index is 849. The summed E-state index contributed by atoms with van der Waals surface area (Å²) in [6, 6.07) is 12.0. The van der Waals surface area contributed by atoms with Crippen LogP contribution in [0.1, 0.15) is 5.56 Å². The largest absolute Gasteiger partial charge is 0.323 e. The van der Waals surface area contributed by atoms with Gasteiger partial charge < -0.3 is 10.6 Å². The number of hydrogen-bond donors (Lipinski definition) is 2. The average molecular weight is 328 g/mol. The summed E-state index contributed by atoms with van der Waals surface area (Å²) in [5.41, 5.74) is 1.43. The van der Waals surface area contributed by atoms with Crippen molar-refractivity contribution in [3.05, 3.63) is 78.1 Å². The summed E-state index contributed by atoms with van der Waals surface area (Å²) in [4.78, 5) is 11.9. The van der Waals surface area contributed by atoms with Gasteiger partial charge in [-0.1, -0.05) is 30.3 Å². The molecule has 7 heteroatoms. The number of aromatic nitrogens is 2. The lowest BCUT2D eigenvalue weighted by Gasteiger charge is -2.07.